The van der Waals surface area contributed by atoms with Crippen molar-refractivity contribution in [3.8, 4) is 0 Å². The molecule has 3 heterocycles. The second-order valence-corrected chi connectivity index (χ2v) is 7.35. The van der Waals surface area contributed by atoms with Crippen LogP contribution in [0.2, 0.25) is 10.0 Å². The SMILES string of the molecule is O=C(Nc1nc2cnc(N3CCOCC3)nc2s1)c1ccc(Cl)c(Cl)c1. The van der Waals surface area contributed by atoms with Gasteiger partial charge in [-0.1, -0.05) is 34.5 Å². The number of thiazole rings is 1. The van der Waals surface area contributed by atoms with Crippen molar-refractivity contribution >= 4 is 61.9 Å². The third-order valence-corrected chi connectivity index (χ3v) is 5.45. The summed E-state index contributed by atoms with van der Waals surface area (Å²) in [5.74, 6) is 0.329. The number of benzene rings is 1. The topological polar surface area (TPSA) is 80.2 Å². The predicted molar refractivity (Wildman–Crippen MR) is 103 cm³/mol. The standard InChI is InChI=1S/C16H13Cl2N5O2S/c17-10-2-1-9(7-11(10)18)13(24)21-16-20-12-8-19-15(22-14(12)26-16)23-3-5-25-6-4-23/h1-2,7-8H,3-6H2,(H,20,21,24). The monoisotopic (exact) mass is 409 g/mol. The number of ether oxygens (including phenoxy) is 1. The summed E-state index contributed by atoms with van der Waals surface area (Å²) in [5, 5.41) is 3.93. The van der Waals surface area contributed by atoms with E-state index in [2.05, 4.69) is 25.2 Å². The van der Waals surface area contributed by atoms with Gasteiger partial charge in [0.15, 0.2) is 9.96 Å². The van der Waals surface area contributed by atoms with Crippen molar-refractivity contribution in [3.05, 3.63) is 40.0 Å². The Bertz CT molecular complexity index is 974. The van der Waals surface area contributed by atoms with E-state index in [0.29, 0.717) is 50.2 Å². The largest absolute Gasteiger partial charge is 0.378 e. The Morgan fingerprint density at radius 2 is 2.00 bits per heavy atom. The molecule has 0 aliphatic carbocycles. The first-order valence-electron chi connectivity index (χ1n) is 7.83. The van der Waals surface area contributed by atoms with Crippen LogP contribution in [0, 0.1) is 0 Å². The van der Waals surface area contributed by atoms with Gasteiger partial charge in [-0.3, -0.25) is 10.1 Å². The van der Waals surface area contributed by atoms with Crippen LogP contribution in [0.25, 0.3) is 10.3 Å². The van der Waals surface area contributed by atoms with Crippen molar-refractivity contribution in [2.45, 2.75) is 0 Å². The van der Waals surface area contributed by atoms with Crippen LogP contribution in [0.15, 0.2) is 24.4 Å². The number of fused-ring (bicyclic) bond motifs is 1. The average Bonchev–Trinajstić information content (AvgIpc) is 3.06. The van der Waals surface area contributed by atoms with Crippen LogP contribution in [0.1, 0.15) is 10.4 Å². The molecule has 0 spiro atoms. The molecule has 2 aromatic heterocycles. The Morgan fingerprint density at radius 1 is 1.19 bits per heavy atom. The van der Waals surface area contributed by atoms with Crippen molar-refractivity contribution in [3.63, 3.8) is 0 Å². The number of hydrogen-bond donors (Lipinski definition) is 1. The first-order chi connectivity index (χ1) is 12.6. The highest BCUT2D eigenvalue weighted by Gasteiger charge is 2.16. The second-order valence-electron chi connectivity index (χ2n) is 5.56. The lowest BCUT2D eigenvalue weighted by Gasteiger charge is -2.26. The number of morpholine rings is 1. The number of amides is 1. The van der Waals surface area contributed by atoms with E-state index in [0.717, 1.165) is 13.1 Å². The van der Waals surface area contributed by atoms with Crippen LogP contribution in [-0.2, 0) is 4.74 Å². The van der Waals surface area contributed by atoms with Gasteiger partial charge in [0.1, 0.15) is 5.52 Å². The van der Waals surface area contributed by atoms with Crippen molar-refractivity contribution in [1.82, 2.24) is 15.0 Å². The molecular weight excluding hydrogens is 397 g/mol. The summed E-state index contributed by atoms with van der Waals surface area (Å²) in [5.41, 5.74) is 1.04. The summed E-state index contributed by atoms with van der Waals surface area (Å²) >= 11 is 13.1. The quantitative estimate of drug-likeness (QED) is 0.712. The highest BCUT2D eigenvalue weighted by atomic mass is 35.5. The highest BCUT2D eigenvalue weighted by Crippen LogP contribution is 2.27. The Balaban J connectivity index is 1.55. The summed E-state index contributed by atoms with van der Waals surface area (Å²) < 4.78 is 5.34. The third-order valence-electron chi connectivity index (χ3n) is 3.83. The van der Waals surface area contributed by atoms with E-state index >= 15 is 0 Å². The predicted octanol–water partition coefficient (Wildman–Crippen LogP) is 3.48. The Hall–Kier alpha value is -2.00. The molecule has 1 amide bonds. The minimum atomic E-state index is -0.316. The molecule has 0 unspecified atom stereocenters. The van der Waals surface area contributed by atoms with Gasteiger partial charge in [0, 0.05) is 18.7 Å². The van der Waals surface area contributed by atoms with Gasteiger partial charge in [0.25, 0.3) is 5.91 Å². The van der Waals surface area contributed by atoms with Gasteiger partial charge in [-0.25, -0.2) is 9.97 Å². The number of nitrogens with zero attached hydrogens (tertiary/aromatic N) is 4. The lowest BCUT2D eigenvalue weighted by molar-refractivity contribution is 0.102. The zero-order valence-corrected chi connectivity index (χ0v) is 15.7. The van der Waals surface area contributed by atoms with Gasteiger partial charge in [-0.2, -0.15) is 4.98 Å². The molecule has 7 nitrogen and oxygen atoms in total. The van der Waals surface area contributed by atoms with E-state index in [-0.39, 0.29) is 5.91 Å². The number of carbonyl (C=O) groups excluding carboxylic acids is 1. The lowest BCUT2D eigenvalue weighted by atomic mass is 10.2. The molecule has 1 N–H and O–H groups in total. The summed E-state index contributed by atoms with van der Waals surface area (Å²) in [6.45, 7) is 2.83. The second kappa shape index (κ2) is 7.32. The van der Waals surface area contributed by atoms with Crippen molar-refractivity contribution in [2.75, 3.05) is 36.5 Å². The zero-order valence-electron chi connectivity index (χ0n) is 13.4. The Labute approximate surface area is 162 Å². The molecule has 3 aromatic rings. The van der Waals surface area contributed by atoms with Gasteiger partial charge in [0.05, 0.1) is 29.5 Å². The number of halogens is 2. The molecule has 1 fully saturated rings. The number of aromatic nitrogens is 3. The minimum Gasteiger partial charge on any atom is -0.378 e. The number of carbonyl (C=O) groups is 1. The van der Waals surface area contributed by atoms with E-state index < -0.39 is 0 Å². The van der Waals surface area contributed by atoms with E-state index in [4.69, 9.17) is 27.9 Å². The molecular formula is C16H13Cl2N5O2S. The van der Waals surface area contributed by atoms with Gasteiger partial charge in [0.2, 0.25) is 5.95 Å². The van der Waals surface area contributed by atoms with E-state index in [9.17, 15) is 4.79 Å². The first kappa shape index (κ1) is 17.4. The number of hydrogen-bond acceptors (Lipinski definition) is 7. The smallest absolute Gasteiger partial charge is 0.257 e. The molecule has 0 atom stereocenters. The zero-order chi connectivity index (χ0) is 18.1. The molecule has 0 radical (unpaired) electrons. The molecule has 4 rings (SSSR count). The Kier molecular flexibility index (Phi) is 4.90. The van der Waals surface area contributed by atoms with E-state index in [1.165, 1.54) is 17.4 Å². The molecule has 26 heavy (non-hydrogen) atoms. The fourth-order valence-electron chi connectivity index (χ4n) is 2.50. The normalized spacial score (nSPS) is 14.6. The summed E-state index contributed by atoms with van der Waals surface area (Å²) in [7, 11) is 0. The van der Waals surface area contributed by atoms with Gasteiger partial charge >= 0.3 is 0 Å². The first-order valence-corrected chi connectivity index (χ1v) is 9.40. The van der Waals surface area contributed by atoms with E-state index in [1.54, 1.807) is 18.3 Å². The Morgan fingerprint density at radius 3 is 2.77 bits per heavy atom. The molecule has 1 aromatic carbocycles. The molecule has 0 saturated carbocycles. The van der Waals surface area contributed by atoms with Crippen molar-refractivity contribution in [1.29, 1.82) is 0 Å². The molecule has 1 aliphatic heterocycles. The van der Waals surface area contributed by atoms with E-state index in [1.807, 2.05) is 0 Å². The van der Waals surface area contributed by atoms with Crippen LogP contribution >= 0.6 is 34.5 Å². The maximum absolute atomic E-state index is 12.4. The molecule has 1 saturated heterocycles. The van der Waals surface area contributed by atoms with Gasteiger partial charge < -0.3 is 9.64 Å². The summed E-state index contributed by atoms with van der Waals surface area (Å²) in [6, 6.07) is 4.70. The van der Waals surface area contributed by atoms with Crippen LogP contribution < -0.4 is 10.2 Å². The summed E-state index contributed by atoms with van der Waals surface area (Å²) in [6.07, 6.45) is 1.67. The van der Waals surface area contributed by atoms with Gasteiger partial charge in [-0.15, -0.1) is 0 Å². The molecule has 134 valence electrons. The lowest BCUT2D eigenvalue weighted by Crippen LogP contribution is -2.37. The van der Waals surface area contributed by atoms with Crippen LogP contribution in [0.5, 0.6) is 0 Å². The minimum absolute atomic E-state index is 0.316. The molecule has 1 aliphatic rings. The highest BCUT2D eigenvalue weighted by molar-refractivity contribution is 7.22. The van der Waals surface area contributed by atoms with Gasteiger partial charge in [-0.05, 0) is 18.2 Å². The van der Waals surface area contributed by atoms with Crippen molar-refractivity contribution in [2.24, 2.45) is 0 Å². The number of nitrogens with one attached hydrogen (secondary N) is 1. The maximum Gasteiger partial charge on any atom is 0.257 e. The average molecular weight is 410 g/mol. The molecule has 0 bridgehead atoms. The summed E-state index contributed by atoms with van der Waals surface area (Å²) in [4.78, 5) is 28.4. The fraction of sp³-hybridized carbons (Fsp3) is 0.250. The fourth-order valence-corrected chi connectivity index (χ4v) is 3.60. The van der Waals surface area contributed by atoms with Crippen LogP contribution in [0.3, 0.4) is 0 Å². The maximum atomic E-state index is 12.4. The van der Waals surface area contributed by atoms with Crippen LogP contribution in [0.4, 0.5) is 11.1 Å². The van der Waals surface area contributed by atoms with Crippen LogP contribution in [-0.4, -0.2) is 47.2 Å². The number of anilines is 2. The van der Waals surface area contributed by atoms with Crippen molar-refractivity contribution < 1.29 is 9.53 Å². The number of rotatable bonds is 3. The molecule has 10 heteroatoms. The third kappa shape index (κ3) is 3.59.